The van der Waals surface area contributed by atoms with E-state index in [-0.39, 0.29) is 0 Å². The van der Waals surface area contributed by atoms with Crippen LogP contribution in [-0.4, -0.2) is 23.2 Å². The van der Waals surface area contributed by atoms with E-state index in [1.165, 1.54) is 0 Å². The van der Waals surface area contributed by atoms with E-state index in [0.717, 1.165) is 48.7 Å². The first-order valence-corrected chi connectivity index (χ1v) is 7.07. The molecule has 0 aliphatic carbocycles. The standard InChI is InChI=1S/C16H19N3O/c17-11-12-1-3-14(4-2-12)16-18-8-5-15(19-16)13-6-9-20-10-7-13/h1-5,8,13H,6-7,9-11,17H2. The van der Waals surface area contributed by atoms with Gasteiger partial charge in [0.1, 0.15) is 0 Å². The number of benzene rings is 1. The van der Waals surface area contributed by atoms with Crippen LogP contribution in [0.15, 0.2) is 36.5 Å². The van der Waals surface area contributed by atoms with Crippen LogP contribution in [0.1, 0.15) is 30.0 Å². The lowest BCUT2D eigenvalue weighted by Gasteiger charge is -2.21. The molecule has 1 saturated heterocycles. The van der Waals surface area contributed by atoms with Crippen LogP contribution in [0.3, 0.4) is 0 Å². The molecule has 0 atom stereocenters. The zero-order chi connectivity index (χ0) is 13.8. The fraction of sp³-hybridized carbons (Fsp3) is 0.375. The second-order valence-electron chi connectivity index (χ2n) is 5.09. The van der Waals surface area contributed by atoms with Crippen LogP contribution in [-0.2, 0) is 11.3 Å². The molecule has 0 spiro atoms. The van der Waals surface area contributed by atoms with E-state index in [1.54, 1.807) is 0 Å². The average Bonchev–Trinajstić information content (AvgIpc) is 2.56. The summed E-state index contributed by atoms with van der Waals surface area (Å²) in [5.74, 6) is 1.28. The zero-order valence-corrected chi connectivity index (χ0v) is 11.5. The number of aromatic nitrogens is 2. The Labute approximate surface area is 119 Å². The first-order valence-electron chi connectivity index (χ1n) is 7.07. The molecule has 4 nitrogen and oxygen atoms in total. The predicted molar refractivity (Wildman–Crippen MR) is 78.2 cm³/mol. The van der Waals surface area contributed by atoms with E-state index in [4.69, 9.17) is 15.5 Å². The Bertz CT molecular complexity index is 562. The molecule has 104 valence electrons. The molecule has 2 aromatic rings. The van der Waals surface area contributed by atoms with Crippen molar-refractivity contribution in [3.05, 3.63) is 47.8 Å². The van der Waals surface area contributed by atoms with Crippen molar-refractivity contribution in [3.63, 3.8) is 0 Å². The molecule has 1 aromatic heterocycles. The van der Waals surface area contributed by atoms with Crippen molar-refractivity contribution in [2.75, 3.05) is 13.2 Å². The quantitative estimate of drug-likeness (QED) is 0.930. The lowest BCUT2D eigenvalue weighted by Crippen LogP contribution is -2.15. The molecule has 2 heterocycles. The van der Waals surface area contributed by atoms with Crippen molar-refractivity contribution in [2.24, 2.45) is 5.73 Å². The Hall–Kier alpha value is -1.78. The van der Waals surface area contributed by atoms with Crippen LogP contribution in [0.4, 0.5) is 0 Å². The van der Waals surface area contributed by atoms with Gasteiger partial charge in [0.25, 0.3) is 0 Å². The van der Waals surface area contributed by atoms with Gasteiger partial charge in [-0.1, -0.05) is 24.3 Å². The van der Waals surface area contributed by atoms with E-state index in [9.17, 15) is 0 Å². The van der Waals surface area contributed by atoms with E-state index in [0.29, 0.717) is 12.5 Å². The van der Waals surface area contributed by atoms with E-state index in [2.05, 4.69) is 4.98 Å². The predicted octanol–water partition coefficient (Wildman–Crippen LogP) is 2.50. The zero-order valence-electron chi connectivity index (χ0n) is 11.5. The Kier molecular flexibility index (Phi) is 4.04. The molecule has 1 fully saturated rings. The molecule has 0 amide bonds. The molecular formula is C16H19N3O. The van der Waals surface area contributed by atoms with Crippen LogP contribution in [0.5, 0.6) is 0 Å². The largest absolute Gasteiger partial charge is 0.381 e. The maximum absolute atomic E-state index is 5.62. The third-order valence-corrected chi connectivity index (χ3v) is 3.76. The van der Waals surface area contributed by atoms with Crippen molar-refractivity contribution in [3.8, 4) is 11.4 Å². The van der Waals surface area contributed by atoms with Crippen molar-refractivity contribution in [2.45, 2.75) is 25.3 Å². The Morgan fingerprint density at radius 1 is 1.10 bits per heavy atom. The Balaban J connectivity index is 1.85. The minimum absolute atomic E-state index is 0.494. The first kappa shape index (κ1) is 13.2. The third kappa shape index (κ3) is 2.86. The molecule has 1 aliphatic heterocycles. The molecule has 4 heteroatoms. The van der Waals surface area contributed by atoms with Crippen molar-refractivity contribution in [1.82, 2.24) is 9.97 Å². The number of ether oxygens (including phenoxy) is 1. The fourth-order valence-corrected chi connectivity index (χ4v) is 2.52. The van der Waals surface area contributed by atoms with Gasteiger partial charge in [-0.05, 0) is 24.5 Å². The van der Waals surface area contributed by atoms with E-state index >= 15 is 0 Å². The maximum atomic E-state index is 5.62. The maximum Gasteiger partial charge on any atom is 0.159 e. The minimum Gasteiger partial charge on any atom is -0.381 e. The van der Waals surface area contributed by atoms with Gasteiger partial charge in [0.15, 0.2) is 5.82 Å². The molecule has 0 radical (unpaired) electrons. The fourth-order valence-electron chi connectivity index (χ4n) is 2.52. The van der Waals surface area contributed by atoms with Gasteiger partial charge in [-0.2, -0.15) is 0 Å². The van der Waals surface area contributed by atoms with Gasteiger partial charge in [-0.15, -0.1) is 0 Å². The monoisotopic (exact) mass is 269 g/mol. The number of rotatable bonds is 3. The smallest absolute Gasteiger partial charge is 0.159 e. The highest BCUT2D eigenvalue weighted by atomic mass is 16.5. The Morgan fingerprint density at radius 3 is 2.55 bits per heavy atom. The van der Waals surface area contributed by atoms with Crippen molar-refractivity contribution < 1.29 is 4.74 Å². The SMILES string of the molecule is NCc1ccc(-c2nccc(C3CCOCC3)n2)cc1. The number of nitrogens with zero attached hydrogens (tertiary/aromatic N) is 2. The first-order chi connectivity index (χ1) is 9.86. The molecule has 0 bridgehead atoms. The van der Waals surface area contributed by atoms with Gasteiger partial charge in [0.05, 0.1) is 0 Å². The second kappa shape index (κ2) is 6.11. The van der Waals surface area contributed by atoms with Gasteiger partial charge in [-0.25, -0.2) is 9.97 Å². The minimum atomic E-state index is 0.494. The number of nitrogens with two attached hydrogens (primary N) is 1. The molecule has 3 rings (SSSR count). The molecular weight excluding hydrogens is 250 g/mol. The molecule has 0 unspecified atom stereocenters. The highest BCUT2D eigenvalue weighted by Gasteiger charge is 2.17. The summed E-state index contributed by atoms with van der Waals surface area (Å²) >= 11 is 0. The summed E-state index contributed by atoms with van der Waals surface area (Å²) in [6.45, 7) is 2.22. The molecule has 1 aliphatic rings. The van der Waals surface area contributed by atoms with Crippen LogP contribution in [0.2, 0.25) is 0 Å². The van der Waals surface area contributed by atoms with Gasteiger partial charge in [0, 0.05) is 43.1 Å². The van der Waals surface area contributed by atoms with Crippen LogP contribution in [0, 0.1) is 0 Å². The lowest BCUT2D eigenvalue weighted by atomic mass is 9.96. The number of hydrogen-bond donors (Lipinski definition) is 1. The van der Waals surface area contributed by atoms with Crippen LogP contribution < -0.4 is 5.73 Å². The highest BCUT2D eigenvalue weighted by Crippen LogP contribution is 2.26. The molecule has 1 aromatic carbocycles. The summed E-state index contributed by atoms with van der Waals surface area (Å²) in [4.78, 5) is 9.11. The summed E-state index contributed by atoms with van der Waals surface area (Å²) in [5, 5.41) is 0. The van der Waals surface area contributed by atoms with Crippen LogP contribution in [0.25, 0.3) is 11.4 Å². The summed E-state index contributed by atoms with van der Waals surface area (Å²) in [6, 6.07) is 10.1. The molecule has 0 saturated carbocycles. The van der Waals surface area contributed by atoms with Crippen LogP contribution >= 0.6 is 0 Å². The topological polar surface area (TPSA) is 61.0 Å². The molecule has 20 heavy (non-hydrogen) atoms. The normalized spacial score (nSPS) is 16.2. The summed E-state index contributed by atoms with van der Waals surface area (Å²) in [7, 11) is 0. The third-order valence-electron chi connectivity index (χ3n) is 3.76. The summed E-state index contributed by atoms with van der Waals surface area (Å²) in [5.41, 5.74) is 8.90. The van der Waals surface area contributed by atoms with E-state index in [1.807, 2.05) is 36.5 Å². The molecule has 2 N–H and O–H groups in total. The summed E-state index contributed by atoms with van der Waals surface area (Å²) in [6.07, 6.45) is 3.94. The second-order valence-corrected chi connectivity index (χ2v) is 5.09. The Morgan fingerprint density at radius 2 is 1.85 bits per heavy atom. The van der Waals surface area contributed by atoms with Gasteiger partial charge in [0.2, 0.25) is 0 Å². The highest BCUT2D eigenvalue weighted by molar-refractivity contribution is 5.55. The van der Waals surface area contributed by atoms with Crippen molar-refractivity contribution >= 4 is 0 Å². The van der Waals surface area contributed by atoms with Gasteiger partial charge < -0.3 is 10.5 Å². The lowest BCUT2D eigenvalue weighted by molar-refractivity contribution is 0.0845. The van der Waals surface area contributed by atoms with E-state index < -0.39 is 0 Å². The van der Waals surface area contributed by atoms with Crippen molar-refractivity contribution in [1.29, 1.82) is 0 Å². The van der Waals surface area contributed by atoms with Gasteiger partial charge >= 0.3 is 0 Å². The van der Waals surface area contributed by atoms with Gasteiger partial charge in [-0.3, -0.25) is 0 Å². The average molecular weight is 269 g/mol. The summed E-state index contributed by atoms with van der Waals surface area (Å²) < 4.78 is 5.41. The number of hydrogen-bond acceptors (Lipinski definition) is 4.